The number of rotatable bonds is 26. The molecule has 0 atom stereocenters. The number of aryl methyl sites for hydroxylation is 8. The highest BCUT2D eigenvalue weighted by Crippen LogP contribution is 2.36. The van der Waals surface area contributed by atoms with Gasteiger partial charge >= 0.3 is 0 Å². The lowest BCUT2D eigenvalue weighted by Crippen LogP contribution is -2.09. The van der Waals surface area contributed by atoms with E-state index in [0.717, 1.165) is 51.4 Å². The molecule has 0 aliphatic heterocycles. The van der Waals surface area contributed by atoms with Crippen LogP contribution in [0, 0.1) is 13.8 Å². The van der Waals surface area contributed by atoms with Crippen molar-refractivity contribution in [2.24, 2.45) is 0 Å². The van der Waals surface area contributed by atoms with Gasteiger partial charge in [0.1, 0.15) is 0 Å². The molecule has 0 amide bonds. The minimum Gasteiger partial charge on any atom is -0.249 e. The molecule has 3 rings (SSSR count). The molecule has 3 aromatic rings. The van der Waals surface area contributed by atoms with Gasteiger partial charge in [0.2, 0.25) is 0 Å². The average Bonchev–Trinajstić information content (AvgIpc) is 3.11. The molecule has 0 saturated heterocycles. The minimum absolute atomic E-state index is 0.971. The molecule has 1 heterocycles. The number of unbranched alkanes of at least 4 members (excludes halogenated alkanes) is 12. The van der Waals surface area contributed by atoms with E-state index in [4.69, 9.17) is 9.97 Å². The third-order valence-corrected chi connectivity index (χ3v) is 10.8. The van der Waals surface area contributed by atoms with E-state index < -0.39 is 0 Å². The second-order valence-corrected chi connectivity index (χ2v) is 15.4. The monoisotopic (exact) mass is 681 g/mol. The van der Waals surface area contributed by atoms with Gasteiger partial charge < -0.3 is 0 Å². The van der Waals surface area contributed by atoms with E-state index in [1.165, 1.54) is 170 Å². The Hall–Kier alpha value is -2.48. The molecule has 0 spiro atoms. The van der Waals surface area contributed by atoms with Crippen LogP contribution in [0.2, 0.25) is 0 Å². The predicted octanol–water partition coefficient (Wildman–Crippen LogP) is 14.8. The highest BCUT2D eigenvalue weighted by Gasteiger charge is 2.22. The number of nitrogens with zero attached hydrogens (tertiary/aromatic N) is 2. The summed E-state index contributed by atoms with van der Waals surface area (Å²) in [5.41, 5.74) is 16.4. The summed E-state index contributed by atoms with van der Waals surface area (Å²) in [6, 6.07) is 10.2. The third kappa shape index (κ3) is 12.9. The summed E-state index contributed by atoms with van der Waals surface area (Å²) in [6.45, 7) is 18.6. The quantitative estimate of drug-likeness (QED) is 0.0789. The van der Waals surface area contributed by atoms with Crippen molar-refractivity contribution in [1.82, 2.24) is 9.97 Å². The maximum atomic E-state index is 5.74. The average molecular weight is 681 g/mol. The van der Waals surface area contributed by atoms with Gasteiger partial charge in [-0.05, 0) is 124 Å². The molecule has 2 nitrogen and oxygen atoms in total. The molecule has 0 unspecified atom stereocenters. The molecule has 0 aliphatic rings. The first-order valence-electron chi connectivity index (χ1n) is 21.6. The molecule has 0 aliphatic carbocycles. The van der Waals surface area contributed by atoms with Gasteiger partial charge in [-0.1, -0.05) is 144 Å². The van der Waals surface area contributed by atoms with Crippen LogP contribution in [0.25, 0.3) is 22.5 Å². The zero-order chi connectivity index (χ0) is 36.1. The van der Waals surface area contributed by atoms with Crippen LogP contribution in [0.4, 0.5) is 0 Å². The fourth-order valence-electron chi connectivity index (χ4n) is 7.75. The second-order valence-electron chi connectivity index (χ2n) is 15.4. The molecular formula is C48H76N2. The summed E-state index contributed by atoms with van der Waals surface area (Å²) in [5.74, 6) is 0. The molecule has 2 aromatic carbocycles. The van der Waals surface area contributed by atoms with Gasteiger partial charge in [0.15, 0.2) is 0 Å². The van der Waals surface area contributed by atoms with Crippen molar-refractivity contribution >= 4 is 0 Å². The second kappa shape index (κ2) is 23.9. The van der Waals surface area contributed by atoms with Gasteiger partial charge in [-0.25, -0.2) is 9.97 Å². The van der Waals surface area contributed by atoms with Crippen molar-refractivity contribution in [3.8, 4) is 22.5 Å². The van der Waals surface area contributed by atoms with Crippen LogP contribution in [0.3, 0.4) is 0 Å². The Bertz CT molecular complexity index is 1290. The van der Waals surface area contributed by atoms with Gasteiger partial charge in [-0.2, -0.15) is 0 Å². The first-order chi connectivity index (χ1) is 24.4. The zero-order valence-corrected chi connectivity index (χ0v) is 34.2. The lowest BCUT2D eigenvalue weighted by Gasteiger charge is -2.21. The Morgan fingerprint density at radius 1 is 0.340 bits per heavy atom. The Balaban J connectivity index is 2.22. The fourth-order valence-corrected chi connectivity index (χ4v) is 7.75. The van der Waals surface area contributed by atoms with Crippen molar-refractivity contribution in [2.45, 2.75) is 209 Å². The van der Waals surface area contributed by atoms with Crippen LogP contribution in [0.15, 0.2) is 24.3 Å². The largest absolute Gasteiger partial charge is 0.249 e. The van der Waals surface area contributed by atoms with Gasteiger partial charge in [-0.15, -0.1) is 0 Å². The third-order valence-electron chi connectivity index (χ3n) is 10.8. The summed E-state index contributed by atoms with van der Waals surface area (Å²) in [5, 5.41) is 0. The maximum absolute atomic E-state index is 5.74. The van der Waals surface area contributed by atoms with Gasteiger partial charge in [0.05, 0.1) is 22.8 Å². The standard InChI is InChI=1S/C48H76N2/c1-9-15-19-23-29-39-35-43(41(33-37(39)7)31-25-21-17-11-3)47-45(27-13-5)50-48(46(49-47)28-14-6)44-36-40(30-24-20-16-10-2)38(8)34-42(44)32-26-22-18-12-4/h33-36H,9-32H2,1-8H3. The minimum atomic E-state index is 0.971. The van der Waals surface area contributed by atoms with Crippen LogP contribution in [-0.4, -0.2) is 9.97 Å². The molecule has 0 saturated carbocycles. The molecule has 50 heavy (non-hydrogen) atoms. The zero-order valence-electron chi connectivity index (χ0n) is 34.2. The summed E-state index contributed by atoms with van der Waals surface area (Å²) in [6.07, 6.45) is 29.4. The first-order valence-corrected chi connectivity index (χ1v) is 21.6. The molecule has 0 fully saturated rings. The Labute approximate surface area is 310 Å². The molecular weight excluding hydrogens is 605 g/mol. The van der Waals surface area contributed by atoms with E-state index in [2.05, 4.69) is 79.7 Å². The summed E-state index contributed by atoms with van der Waals surface area (Å²) in [4.78, 5) is 11.5. The van der Waals surface area contributed by atoms with E-state index in [1.807, 2.05) is 0 Å². The SMILES string of the molecule is CCCCCCc1cc(-c2nc(CCC)c(-c3cc(CCCCCC)c(C)cc3CCCCCC)nc2CCC)c(CCCCCC)cc1C. The lowest BCUT2D eigenvalue weighted by atomic mass is 9.89. The van der Waals surface area contributed by atoms with Crippen LogP contribution >= 0.6 is 0 Å². The van der Waals surface area contributed by atoms with Crippen molar-refractivity contribution in [1.29, 1.82) is 0 Å². The summed E-state index contributed by atoms with van der Waals surface area (Å²) >= 11 is 0. The van der Waals surface area contributed by atoms with Crippen molar-refractivity contribution < 1.29 is 0 Å². The van der Waals surface area contributed by atoms with Crippen LogP contribution < -0.4 is 0 Å². The molecule has 0 bridgehead atoms. The topological polar surface area (TPSA) is 25.8 Å². The number of hydrogen-bond donors (Lipinski definition) is 0. The first kappa shape index (κ1) is 41.9. The van der Waals surface area contributed by atoms with Crippen molar-refractivity contribution in [3.63, 3.8) is 0 Å². The molecule has 278 valence electrons. The highest BCUT2D eigenvalue weighted by molar-refractivity contribution is 5.73. The van der Waals surface area contributed by atoms with Gasteiger partial charge in [0, 0.05) is 11.1 Å². The van der Waals surface area contributed by atoms with E-state index in [-0.39, 0.29) is 0 Å². The maximum Gasteiger partial charge on any atom is 0.0924 e. The van der Waals surface area contributed by atoms with Crippen molar-refractivity contribution in [2.75, 3.05) is 0 Å². The van der Waals surface area contributed by atoms with Crippen LogP contribution in [-0.2, 0) is 38.5 Å². The van der Waals surface area contributed by atoms with E-state index >= 15 is 0 Å². The van der Waals surface area contributed by atoms with E-state index in [9.17, 15) is 0 Å². The Morgan fingerprint density at radius 3 is 0.960 bits per heavy atom. The number of aromatic nitrogens is 2. The Kier molecular flexibility index (Phi) is 20.0. The van der Waals surface area contributed by atoms with Gasteiger partial charge in [-0.3, -0.25) is 0 Å². The molecule has 2 heteroatoms. The van der Waals surface area contributed by atoms with Crippen LogP contribution in [0.5, 0.6) is 0 Å². The molecule has 0 N–H and O–H groups in total. The smallest absolute Gasteiger partial charge is 0.0924 e. The normalized spacial score (nSPS) is 11.5. The number of benzene rings is 2. The molecule has 1 aromatic heterocycles. The fraction of sp³-hybridized carbons (Fsp3) is 0.667. The lowest BCUT2D eigenvalue weighted by molar-refractivity contribution is 0.662. The van der Waals surface area contributed by atoms with Crippen molar-refractivity contribution in [3.05, 3.63) is 69.0 Å². The van der Waals surface area contributed by atoms with Gasteiger partial charge in [0.25, 0.3) is 0 Å². The summed E-state index contributed by atoms with van der Waals surface area (Å²) < 4.78 is 0. The van der Waals surface area contributed by atoms with Crippen LogP contribution in [0.1, 0.15) is 202 Å². The Morgan fingerprint density at radius 2 is 0.660 bits per heavy atom. The summed E-state index contributed by atoms with van der Waals surface area (Å²) in [7, 11) is 0. The highest BCUT2D eigenvalue weighted by atomic mass is 14.9. The number of hydrogen-bond acceptors (Lipinski definition) is 2. The van der Waals surface area contributed by atoms with E-state index in [1.54, 1.807) is 0 Å². The van der Waals surface area contributed by atoms with E-state index in [0.29, 0.717) is 0 Å². The predicted molar refractivity (Wildman–Crippen MR) is 222 cm³/mol. The molecule has 0 radical (unpaired) electrons.